The third-order valence-corrected chi connectivity index (χ3v) is 2.68. The lowest BCUT2D eigenvalue weighted by Crippen LogP contribution is -2.40. The molecule has 100 valence electrons. The second-order valence-corrected chi connectivity index (χ2v) is 4.08. The van der Waals surface area contributed by atoms with E-state index in [1.807, 2.05) is 0 Å². The number of aliphatic hydroxyl groups excluding tert-OH is 3. The van der Waals surface area contributed by atoms with Crippen LogP contribution in [0.15, 0.2) is 11.1 Å². The number of aromatic nitrogens is 3. The van der Waals surface area contributed by atoms with Crippen molar-refractivity contribution >= 4 is 5.95 Å². The predicted molar refractivity (Wildman–Crippen MR) is 58.3 cm³/mol. The van der Waals surface area contributed by atoms with Gasteiger partial charge in [0.2, 0.25) is 5.95 Å². The lowest BCUT2D eigenvalue weighted by Gasteiger charge is -2.24. The highest BCUT2D eigenvalue weighted by Gasteiger charge is 2.34. The van der Waals surface area contributed by atoms with Crippen LogP contribution >= 0.6 is 0 Å². The van der Waals surface area contributed by atoms with Gasteiger partial charge in [0.05, 0.1) is 18.8 Å². The molecule has 0 amide bonds. The van der Waals surface area contributed by atoms with Crippen LogP contribution in [-0.2, 0) is 4.74 Å². The summed E-state index contributed by atoms with van der Waals surface area (Å²) in [4.78, 5) is 18.6. The van der Waals surface area contributed by atoms with Gasteiger partial charge in [0.15, 0.2) is 6.23 Å². The number of nitrogen functional groups attached to an aromatic ring is 1. The molecule has 0 aromatic carbocycles. The molecule has 1 aromatic rings. The second-order valence-electron chi connectivity index (χ2n) is 4.08. The smallest absolute Gasteiger partial charge is 0.354 e. The summed E-state index contributed by atoms with van der Waals surface area (Å²) in [5.41, 5.74) is 4.49. The van der Waals surface area contributed by atoms with Crippen LogP contribution in [0.4, 0.5) is 5.95 Å². The molecule has 0 radical (unpaired) electrons. The number of anilines is 1. The molecule has 0 aliphatic carbocycles. The van der Waals surface area contributed by atoms with Crippen molar-refractivity contribution < 1.29 is 20.1 Å². The third-order valence-electron chi connectivity index (χ3n) is 2.68. The van der Waals surface area contributed by atoms with Gasteiger partial charge in [-0.2, -0.15) is 4.98 Å². The summed E-state index contributed by atoms with van der Waals surface area (Å²) in [6.07, 6.45) is -3.62. The van der Waals surface area contributed by atoms with Crippen LogP contribution in [0.5, 0.6) is 0 Å². The van der Waals surface area contributed by atoms with Crippen LogP contribution in [0.1, 0.15) is 12.6 Å². The Morgan fingerprint density at radius 2 is 2.17 bits per heavy atom. The van der Waals surface area contributed by atoms with Gasteiger partial charge in [-0.3, -0.25) is 4.57 Å². The zero-order valence-corrected chi connectivity index (χ0v) is 9.38. The molecule has 1 saturated heterocycles. The van der Waals surface area contributed by atoms with Crippen LogP contribution in [-0.4, -0.2) is 54.8 Å². The Balaban J connectivity index is 2.33. The number of ether oxygens (including phenoxy) is 1. The lowest BCUT2D eigenvalue weighted by atomic mass is 10.1. The minimum Gasteiger partial charge on any atom is -0.391 e. The quantitative estimate of drug-likeness (QED) is 0.423. The lowest BCUT2D eigenvalue weighted by molar-refractivity contribution is -0.111. The maximum Gasteiger partial charge on any atom is 0.354 e. The van der Waals surface area contributed by atoms with Gasteiger partial charge < -0.3 is 25.8 Å². The first-order valence-electron chi connectivity index (χ1n) is 5.35. The molecule has 18 heavy (non-hydrogen) atoms. The Bertz CT molecular complexity index is 478. The van der Waals surface area contributed by atoms with E-state index < -0.39 is 30.2 Å². The van der Waals surface area contributed by atoms with Crippen molar-refractivity contribution in [1.82, 2.24) is 14.5 Å². The summed E-state index contributed by atoms with van der Waals surface area (Å²) < 4.78 is 6.11. The van der Waals surface area contributed by atoms with E-state index in [-0.39, 0.29) is 19.0 Å². The number of nitrogens with two attached hydrogens (primary N) is 1. The van der Waals surface area contributed by atoms with Crippen molar-refractivity contribution in [2.45, 2.75) is 31.0 Å². The van der Waals surface area contributed by atoms with Gasteiger partial charge in [-0.15, -0.1) is 0 Å². The number of rotatable bonds is 1. The molecule has 2 unspecified atom stereocenters. The number of hydrogen-bond donors (Lipinski definition) is 4. The molecule has 1 aromatic heterocycles. The maximum absolute atomic E-state index is 11.6. The first kappa shape index (κ1) is 12.9. The Morgan fingerprint density at radius 1 is 1.44 bits per heavy atom. The molecule has 1 aliphatic heterocycles. The van der Waals surface area contributed by atoms with Crippen LogP contribution in [0, 0.1) is 0 Å². The number of nitrogens with zero attached hydrogens (tertiary/aromatic N) is 3. The van der Waals surface area contributed by atoms with Crippen molar-refractivity contribution in [3.05, 3.63) is 16.8 Å². The first-order chi connectivity index (χ1) is 8.49. The largest absolute Gasteiger partial charge is 0.391 e. The fourth-order valence-corrected chi connectivity index (χ4v) is 1.76. The highest BCUT2D eigenvalue weighted by molar-refractivity contribution is 5.09. The fourth-order valence-electron chi connectivity index (χ4n) is 1.76. The molecule has 5 N–H and O–H groups in total. The monoisotopic (exact) mass is 258 g/mol. The van der Waals surface area contributed by atoms with E-state index in [9.17, 15) is 20.1 Å². The molecular formula is C9H14N4O5. The standard InChI is InChI=1S/C9H14N4O5/c10-8-11-3-13(9(17)12-8)7-6(16)5(15)1-4(14)2-18-7/h3-7,14-16H,1-2H2,(H2,10,12,17)/t4?,5-,6?,7+/m0/s1. The molecule has 0 saturated carbocycles. The van der Waals surface area contributed by atoms with Gasteiger partial charge in [-0.1, -0.05) is 0 Å². The SMILES string of the molecule is Nc1ncn([C@@H]2OCC(O)C[C@H](O)C2O)c(=O)n1. The van der Waals surface area contributed by atoms with Gasteiger partial charge in [0.1, 0.15) is 12.4 Å². The van der Waals surface area contributed by atoms with Gasteiger partial charge in [-0.05, 0) is 0 Å². The third kappa shape index (κ3) is 2.48. The highest BCUT2D eigenvalue weighted by atomic mass is 16.5. The molecule has 4 atom stereocenters. The predicted octanol–water partition coefficient (Wildman–Crippen LogP) is -2.78. The van der Waals surface area contributed by atoms with Crippen molar-refractivity contribution in [3.8, 4) is 0 Å². The van der Waals surface area contributed by atoms with Gasteiger partial charge in [0, 0.05) is 6.42 Å². The summed E-state index contributed by atoms with van der Waals surface area (Å²) in [7, 11) is 0. The molecule has 1 aliphatic rings. The van der Waals surface area contributed by atoms with Crippen LogP contribution in [0.25, 0.3) is 0 Å². The van der Waals surface area contributed by atoms with Crippen molar-refractivity contribution in [2.24, 2.45) is 0 Å². The Morgan fingerprint density at radius 3 is 2.83 bits per heavy atom. The van der Waals surface area contributed by atoms with E-state index in [4.69, 9.17) is 10.5 Å². The first-order valence-corrected chi connectivity index (χ1v) is 5.35. The topological polar surface area (TPSA) is 144 Å². The maximum atomic E-state index is 11.6. The summed E-state index contributed by atoms with van der Waals surface area (Å²) in [5, 5.41) is 28.9. The Hall–Kier alpha value is -1.55. The Kier molecular flexibility index (Phi) is 3.57. The summed E-state index contributed by atoms with van der Waals surface area (Å²) in [5.74, 6) is -0.194. The van der Waals surface area contributed by atoms with E-state index in [1.165, 1.54) is 0 Å². The molecule has 0 spiro atoms. The molecule has 1 fully saturated rings. The molecule has 0 bridgehead atoms. The van der Waals surface area contributed by atoms with Gasteiger partial charge >= 0.3 is 5.69 Å². The van der Waals surface area contributed by atoms with Crippen LogP contribution < -0.4 is 11.4 Å². The molecular weight excluding hydrogens is 244 g/mol. The fraction of sp³-hybridized carbons (Fsp3) is 0.667. The number of aliphatic hydroxyl groups is 3. The van der Waals surface area contributed by atoms with Gasteiger partial charge in [0.25, 0.3) is 0 Å². The Labute approximate surface area is 101 Å². The van der Waals surface area contributed by atoms with Crippen molar-refractivity contribution in [3.63, 3.8) is 0 Å². The van der Waals surface area contributed by atoms with E-state index in [2.05, 4.69) is 9.97 Å². The van der Waals surface area contributed by atoms with Gasteiger partial charge in [-0.25, -0.2) is 9.78 Å². The van der Waals surface area contributed by atoms with Crippen LogP contribution in [0.2, 0.25) is 0 Å². The van der Waals surface area contributed by atoms with E-state index in [1.54, 1.807) is 0 Å². The van der Waals surface area contributed by atoms with Crippen LogP contribution in [0.3, 0.4) is 0 Å². The zero-order chi connectivity index (χ0) is 13.3. The average molecular weight is 258 g/mol. The normalized spacial score (nSPS) is 33.1. The molecule has 9 nitrogen and oxygen atoms in total. The highest BCUT2D eigenvalue weighted by Crippen LogP contribution is 2.21. The van der Waals surface area contributed by atoms with E-state index in [0.29, 0.717) is 0 Å². The zero-order valence-electron chi connectivity index (χ0n) is 9.38. The van der Waals surface area contributed by atoms with Crippen molar-refractivity contribution in [2.75, 3.05) is 12.3 Å². The summed E-state index contributed by atoms with van der Waals surface area (Å²) in [6, 6.07) is 0. The second kappa shape index (κ2) is 4.98. The summed E-state index contributed by atoms with van der Waals surface area (Å²) in [6.45, 7) is -0.115. The molecule has 2 rings (SSSR count). The molecule has 9 heteroatoms. The average Bonchev–Trinajstić information content (AvgIpc) is 2.41. The summed E-state index contributed by atoms with van der Waals surface area (Å²) >= 11 is 0. The minimum atomic E-state index is -1.37. The van der Waals surface area contributed by atoms with E-state index >= 15 is 0 Å². The van der Waals surface area contributed by atoms with E-state index in [0.717, 1.165) is 10.9 Å². The minimum absolute atomic E-state index is 0.0394. The number of hydrogen-bond acceptors (Lipinski definition) is 8. The van der Waals surface area contributed by atoms with Crippen molar-refractivity contribution in [1.29, 1.82) is 0 Å². The molecule has 2 heterocycles.